The molecule has 2 amide bonds. The van der Waals surface area contributed by atoms with Crippen molar-refractivity contribution in [2.24, 2.45) is 5.73 Å². The summed E-state index contributed by atoms with van der Waals surface area (Å²) in [5.41, 5.74) is 11.5. The second kappa shape index (κ2) is 5.81. The third-order valence-corrected chi connectivity index (χ3v) is 3.48. The fourth-order valence-electron chi connectivity index (χ4n) is 2.30. The number of primary amides is 1. The van der Waals surface area contributed by atoms with Gasteiger partial charge in [-0.05, 0) is 18.2 Å². The van der Waals surface area contributed by atoms with Gasteiger partial charge >= 0.3 is 0 Å². The number of piperidine rings is 1. The lowest BCUT2D eigenvalue weighted by Crippen LogP contribution is -2.40. The SMILES string of the molecule is CC(=O)N1CCC(Oc2ccc(N)c(C(N)=O)c2)CC1. The summed E-state index contributed by atoms with van der Waals surface area (Å²) in [5.74, 6) is 0.0978. The molecule has 1 aromatic rings. The summed E-state index contributed by atoms with van der Waals surface area (Å²) in [7, 11) is 0. The lowest BCUT2D eigenvalue weighted by Gasteiger charge is -2.31. The number of likely N-dealkylation sites (tertiary alicyclic amines) is 1. The zero-order valence-corrected chi connectivity index (χ0v) is 11.5. The molecule has 0 bridgehead atoms. The van der Waals surface area contributed by atoms with Crippen molar-refractivity contribution >= 4 is 17.5 Å². The summed E-state index contributed by atoms with van der Waals surface area (Å²) in [6.07, 6.45) is 1.58. The van der Waals surface area contributed by atoms with E-state index >= 15 is 0 Å². The molecule has 6 heteroatoms. The minimum atomic E-state index is -0.570. The predicted octanol–water partition coefficient (Wildman–Crippen LogP) is 0.757. The smallest absolute Gasteiger partial charge is 0.250 e. The van der Waals surface area contributed by atoms with E-state index in [1.807, 2.05) is 0 Å². The second-order valence-corrected chi connectivity index (χ2v) is 4.94. The monoisotopic (exact) mass is 277 g/mol. The highest BCUT2D eigenvalue weighted by molar-refractivity contribution is 5.98. The molecule has 6 nitrogen and oxygen atoms in total. The number of hydrogen-bond donors (Lipinski definition) is 2. The first kappa shape index (κ1) is 14.2. The largest absolute Gasteiger partial charge is 0.490 e. The molecule has 1 fully saturated rings. The molecule has 0 atom stereocenters. The van der Waals surface area contributed by atoms with E-state index in [4.69, 9.17) is 16.2 Å². The van der Waals surface area contributed by atoms with Crippen LogP contribution in [0.2, 0.25) is 0 Å². The molecule has 1 saturated heterocycles. The maximum Gasteiger partial charge on any atom is 0.250 e. The van der Waals surface area contributed by atoms with Gasteiger partial charge in [0.1, 0.15) is 11.9 Å². The van der Waals surface area contributed by atoms with Crippen molar-refractivity contribution in [3.05, 3.63) is 23.8 Å². The van der Waals surface area contributed by atoms with Gasteiger partial charge in [-0.25, -0.2) is 0 Å². The molecule has 1 aliphatic rings. The topological polar surface area (TPSA) is 98.7 Å². The summed E-state index contributed by atoms with van der Waals surface area (Å²) in [6.45, 7) is 2.95. The highest BCUT2D eigenvalue weighted by Gasteiger charge is 2.22. The quantitative estimate of drug-likeness (QED) is 0.797. The van der Waals surface area contributed by atoms with Crippen LogP contribution >= 0.6 is 0 Å². The van der Waals surface area contributed by atoms with Gasteiger partial charge in [0.2, 0.25) is 5.91 Å². The molecule has 0 aromatic heterocycles. The molecule has 20 heavy (non-hydrogen) atoms. The van der Waals surface area contributed by atoms with Gasteiger partial charge in [-0.1, -0.05) is 0 Å². The predicted molar refractivity (Wildman–Crippen MR) is 75.3 cm³/mol. The Morgan fingerprint density at radius 2 is 1.95 bits per heavy atom. The molecule has 1 aliphatic heterocycles. The van der Waals surface area contributed by atoms with Crippen LogP contribution in [-0.4, -0.2) is 35.9 Å². The van der Waals surface area contributed by atoms with Crippen LogP contribution in [0.25, 0.3) is 0 Å². The highest BCUT2D eigenvalue weighted by atomic mass is 16.5. The van der Waals surface area contributed by atoms with Crippen molar-refractivity contribution in [2.45, 2.75) is 25.9 Å². The zero-order valence-electron chi connectivity index (χ0n) is 11.5. The maximum absolute atomic E-state index is 11.2. The molecule has 0 aliphatic carbocycles. The lowest BCUT2D eigenvalue weighted by molar-refractivity contribution is -0.130. The summed E-state index contributed by atoms with van der Waals surface area (Å²) in [4.78, 5) is 24.3. The van der Waals surface area contributed by atoms with E-state index in [0.717, 1.165) is 12.8 Å². The van der Waals surface area contributed by atoms with Crippen molar-refractivity contribution in [3.8, 4) is 5.75 Å². The van der Waals surface area contributed by atoms with Crippen LogP contribution in [0, 0.1) is 0 Å². The van der Waals surface area contributed by atoms with Crippen molar-refractivity contribution in [3.63, 3.8) is 0 Å². The van der Waals surface area contributed by atoms with Crippen molar-refractivity contribution in [1.82, 2.24) is 4.90 Å². The third-order valence-electron chi connectivity index (χ3n) is 3.48. The molecule has 1 heterocycles. The summed E-state index contributed by atoms with van der Waals surface area (Å²) in [5, 5.41) is 0. The van der Waals surface area contributed by atoms with Gasteiger partial charge in [-0.15, -0.1) is 0 Å². The molecule has 0 saturated carbocycles. The Morgan fingerprint density at radius 1 is 1.30 bits per heavy atom. The van der Waals surface area contributed by atoms with Crippen molar-refractivity contribution in [2.75, 3.05) is 18.8 Å². The van der Waals surface area contributed by atoms with E-state index in [2.05, 4.69) is 0 Å². The van der Waals surface area contributed by atoms with Crippen LogP contribution < -0.4 is 16.2 Å². The first-order chi connectivity index (χ1) is 9.47. The average Bonchev–Trinajstić information content (AvgIpc) is 2.41. The Labute approximate surface area is 117 Å². The van der Waals surface area contributed by atoms with Gasteiger partial charge in [0, 0.05) is 38.5 Å². The lowest BCUT2D eigenvalue weighted by atomic mass is 10.1. The van der Waals surface area contributed by atoms with E-state index in [-0.39, 0.29) is 17.6 Å². The number of hydrogen-bond acceptors (Lipinski definition) is 4. The number of nitrogens with zero attached hydrogens (tertiary/aromatic N) is 1. The minimum Gasteiger partial charge on any atom is -0.490 e. The van der Waals surface area contributed by atoms with E-state index in [0.29, 0.717) is 24.5 Å². The number of carbonyl (C=O) groups is 2. The number of amides is 2. The van der Waals surface area contributed by atoms with Crippen LogP contribution in [0.3, 0.4) is 0 Å². The third kappa shape index (κ3) is 3.20. The van der Waals surface area contributed by atoms with Gasteiger partial charge < -0.3 is 21.1 Å². The van der Waals surface area contributed by atoms with Gasteiger partial charge in [0.15, 0.2) is 0 Å². The van der Waals surface area contributed by atoms with Gasteiger partial charge in [0.25, 0.3) is 5.91 Å². The molecular weight excluding hydrogens is 258 g/mol. The first-order valence-corrected chi connectivity index (χ1v) is 6.59. The Balaban J connectivity index is 1.99. The van der Waals surface area contributed by atoms with E-state index in [1.54, 1.807) is 30.0 Å². The minimum absolute atomic E-state index is 0.0370. The molecule has 1 aromatic carbocycles. The second-order valence-electron chi connectivity index (χ2n) is 4.94. The molecule has 108 valence electrons. The standard InChI is InChI=1S/C14H19N3O3/c1-9(18)17-6-4-10(5-7-17)20-11-2-3-13(15)12(8-11)14(16)19/h2-3,8,10H,4-7,15H2,1H3,(H2,16,19). The van der Waals surface area contributed by atoms with Crippen LogP contribution in [0.15, 0.2) is 18.2 Å². The number of nitrogen functional groups attached to an aromatic ring is 1. The fraction of sp³-hybridized carbons (Fsp3) is 0.429. The summed E-state index contributed by atoms with van der Waals surface area (Å²) < 4.78 is 5.83. The number of anilines is 1. The molecule has 2 rings (SSSR count). The molecule has 4 N–H and O–H groups in total. The fourth-order valence-corrected chi connectivity index (χ4v) is 2.30. The normalized spacial score (nSPS) is 15.9. The number of benzene rings is 1. The summed E-state index contributed by atoms with van der Waals surface area (Å²) >= 11 is 0. The number of carbonyl (C=O) groups excluding carboxylic acids is 2. The molecule has 0 radical (unpaired) electrons. The van der Waals surface area contributed by atoms with E-state index in [9.17, 15) is 9.59 Å². The van der Waals surface area contributed by atoms with Gasteiger partial charge in [0.05, 0.1) is 5.56 Å². The zero-order chi connectivity index (χ0) is 14.7. The Morgan fingerprint density at radius 3 is 2.50 bits per heavy atom. The van der Waals surface area contributed by atoms with E-state index in [1.165, 1.54) is 0 Å². The molecule has 0 unspecified atom stereocenters. The summed E-state index contributed by atoms with van der Waals surface area (Å²) in [6, 6.07) is 4.90. The highest BCUT2D eigenvalue weighted by Crippen LogP contribution is 2.23. The van der Waals surface area contributed by atoms with Crippen LogP contribution in [0.4, 0.5) is 5.69 Å². The number of ether oxygens (including phenoxy) is 1. The Kier molecular flexibility index (Phi) is 4.12. The van der Waals surface area contributed by atoms with Crippen LogP contribution in [0.1, 0.15) is 30.1 Å². The van der Waals surface area contributed by atoms with Gasteiger partial charge in [-0.3, -0.25) is 9.59 Å². The van der Waals surface area contributed by atoms with E-state index < -0.39 is 5.91 Å². The van der Waals surface area contributed by atoms with Crippen molar-refractivity contribution in [1.29, 1.82) is 0 Å². The van der Waals surface area contributed by atoms with Gasteiger partial charge in [-0.2, -0.15) is 0 Å². The average molecular weight is 277 g/mol. The molecule has 0 spiro atoms. The van der Waals surface area contributed by atoms with Crippen LogP contribution in [0.5, 0.6) is 5.75 Å². The Bertz CT molecular complexity index is 522. The van der Waals surface area contributed by atoms with Crippen molar-refractivity contribution < 1.29 is 14.3 Å². The van der Waals surface area contributed by atoms with Crippen LogP contribution in [-0.2, 0) is 4.79 Å². The number of nitrogens with two attached hydrogens (primary N) is 2. The first-order valence-electron chi connectivity index (χ1n) is 6.59. The molecular formula is C14H19N3O3. The Hall–Kier alpha value is -2.24. The number of rotatable bonds is 3. The maximum atomic E-state index is 11.2.